The number of thioether (sulfide) groups is 1. The second-order valence-electron chi connectivity index (χ2n) is 9.15. The highest BCUT2D eigenvalue weighted by molar-refractivity contribution is 7.98. The molecule has 1 saturated heterocycles. The van der Waals surface area contributed by atoms with Crippen LogP contribution < -0.4 is 4.90 Å². The minimum atomic E-state index is -4.59. The quantitative estimate of drug-likeness (QED) is 0.407. The Balaban J connectivity index is 1.43. The van der Waals surface area contributed by atoms with Crippen LogP contribution in [0.5, 0.6) is 0 Å². The molecule has 12 heteroatoms. The summed E-state index contributed by atoms with van der Waals surface area (Å²) in [5.41, 5.74) is -0.974. The van der Waals surface area contributed by atoms with E-state index < -0.39 is 11.9 Å². The Morgan fingerprint density at radius 3 is 2.39 bits per heavy atom. The van der Waals surface area contributed by atoms with E-state index in [0.29, 0.717) is 31.9 Å². The Hall–Kier alpha value is -2.76. The number of rotatable bonds is 6. The molecule has 8 nitrogen and oxygen atoms in total. The monoisotopic (exact) mass is 525 g/mol. The Bertz CT molecular complexity index is 1080. The van der Waals surface area contributed by atoms with Crippen molar-refractivity contribution in [3.05, 3.63) is 35.4 Å². The summed E-state index contributed by atoms with van der Waals surface area (Å²) in [4.78, 5) is 37.5. The molecule has 3 heterocycles. The lowest BCUT2D eigenvalue weighted by molar-refractivity contribution is -0.141. The van der Waals surface area contributed by atoms with Gasteiger partial charge in [0.15, 0.2) is 16.6 Å². The summed E-state index contributed by atoms with van der Waals surface area (Å²) in [6, 6.07) is 4.36. The maximum Gasteiger partial charge on any atom is 0.433 e. The van der Waals surface area contributed by atoms with Crippen molar-refractivity contribution < 1.29 is 27.2 Å². The molecule has 196 valence electrons. The van der Waals surface area contributed by atoms with E-state index in [4.69, 9.17) is 4.42 Å². The fourth-order valence-corrected chi connectivity index (χ4v) is 5.29. The molecule has 0 bridgehead atoms. The summed E-state index contributed by atoms with van der Waals surface area (Å²) in [5.74, 6) is 0.731. The first-order chi connectivity index (χ1) is 17.1. The van der Waals surface area contributed by atoms with Gasteiger partial charge in [-0.05, 0) is 25.0 Å². The van der Waals surface area contributed by atoms with Crippen molar-refractivity contribution >= 4 is 29.4 Å². The van der Waals surface area contributed by atoms with Crippen LogP contribution in [0.1, 0.15) is 61.0 Å². The highest BCUT2D eigenvalue weighted by atomic mass is 32.2. The van der Waals surface area contributed by atoms with Gasteiger partial charge in [-0.2, -0.15) is 13.2 Å². The van der Waals surface area contributed by atoms with Crippen molar-refractivity contribution in [2.75, 3.05) is 38.1 Å². The van der Waals surface area contributed by atoms with E-state index in [2.05, 4.69) is 9.97 Å². The standard InChI is InChI=1S/C24H30F3N5O3S/c1-16(33)31-10-12-32(13-11-31)22(34)19-9-8-18(35-19)15-36-23-28-20(24(25,26)27)14-21(29-23)30(2)17-6-4-3-5-7-17/h8-9,14,17H,3-7,10-13,15H2,1-2H3. The molecular weight excluding hydrogens is 495 g/mol. The average molecular weight is 526 g/mol. The number of aromatic nitrogens is 2. The molecule has 2 aromatic heterocycles. The van der Waals surface area contributed by atoms with Crippen LogP contribution in [-0.2, 0) is 16.7 Å². The molecule has 2 fully saturated rings. The lowest BCUT2D eigenvalue weighted by Gasteiger charge is -2.33. The zero-order chi connectivity index (χ0) is 25.9. The number of carbonyl (C=O) groups is 2. The molecule has 1 saturated carbocycles. The Labute approximate surface area is 212 Å². The molecule has 2 aromatic rings. The predicted molar refractivity (Wildman–Crippen MR) is 129 cm³/mol. The first-order valence-corrected chi connectivity index (χ1v) is 13.1. The fourth-order valence-electron chi connectivity index (χ4n) is 4.55. The van der Waals surface area contributed by atoms with Gasteiger partial charge >= 0.3 is 6.18 Å². The third-order valence-electron chi connectivity index (χ3n) is 6.69. The van der Waals surface area contributed by atoms with Crippen molar-refractivity contribution in [3.8, 4) is 0 Å². The number of anilines is 1. The van der Waals surface area contributed by atoms with Gasteiger partial charge in [0.1, 0.15) is 11.6 Å². The molecule has 1 aliphatic carbocycles. The SMILES string of the molecule is CC(=O)N1CCN(C(=O)c2ccc(CSc3nc(N(C)C4CCCCC4)cc(C(F)(F)F)n3)o2)CC1. The molecule has 4 rings (SSSR count). The van der Waals surface area contributed by atoms with Crippen molar-refractivity contribution in [2.45, 2.75) is 62.2 Å². The molecule has 0 unspecified atom stereocenters. The summed E-state index contributed by atoms with van der Waals surface area (Å²) in [5, 5.41) is 0.00659. The minimum Gasteiger partial charge on any atom is -0.455 e. The van der Waals surface area contributed by atoms with Gasteiger partial charge in [0.25, 0.3) is 5.91 Å². The number of carbonyl (C=O) groups excluding carboxylic acids is 2. The normalized spacial score (nSPS) is 17.4. The van der Waals surface area contributed by atoms with Crippen LogP contribution >= 0.6 is 11.8 Å². The summed E-state index contributed by atoms with van der Waals surface area (Å²) in [7, 11) is 1.79. The number of furan rings is 1. The highest BCUT2D eigenvalue weighted by Gasteiger charge is 2.35. The second-order valence-corrected chi connectivity index (χ2v) is 10.1. The van der Waals surface area contributed by atoms with Crippen LogP contribution in [0.15, 0.2) is 27.8 Å². The summed E-state index contributed by atoms with van der Waals surface area (Å²) in [6.07, 6.45) is 0.524. The van der Waals surface area contributed by atoms with Gasteiger partial charge in [-0.25, -0.2) is 9.97 Å². The van der Waals surface area contributed by atoms with E-state index in [-0.39, 0.29) is 40.3 Å². The first-order valence-electron chi connectivity index (χ1n) is 12.1. The van der Waals surface area contributed by atoms with Crippen LogP contribution in [0.4, 0.5) is 19.0 Å². The maximum atomic E-state index is 13.6. The lowest BCUT2D eigenvalue weighted by atomic mass is 9.94. The Morgan fingerprint density at radius 1 is 1.08 bits per heavy atom. The van der Waals surface area contributed by atoms with Gasteiger partial charge in [-0.15, -0.1) is 0 Å². The van der Waals surface area contributed by atoms with Gasteiger partial charge in [0.05, 0.1) is 5.75 Å². The average Bonchev–Trinajstić information content (AvgIpc) is 3.35. The van der Waals surface area contributed by atoms with E-state index in [1.54, 1.807) is 29.0 Å². The van der Waals surface area contributed by atoms with E-state index >= 15 is 0 Å². The number of alkyl halides is 3. The molecule has 2 amide bonds. The van der Waals surface area contributed by atoms with Gasteiger partial charge in [-0.3, -0.25) is 9.59 Å². The van der Waals surface area contributed by atoms with Crippen LogP contribution in [0.25, 0.3) is 0 Å². The molecule has 1 aliphatic heterocycles. The Kier molecular flexibility index (Phi) is 8.11. The van der Waals surface area contributed by atoms with E-state index in [1.165, 1.54) is 6.92 Å². The zero-order valence-corrected chi connectivity index (χ0v) is 21.2. The topological polar surface area (TPSA) is 82.8 Å². The molecule has 0 atom stereocenters. The van der Waals surface area contributed by atoms with E-state index in [9.17, 15) is 22.8 Å². The third-order valence-corrected chi connectivity index (χ3v) is 7.56. The van der Waals surface area contributed by atoms with Crippen molar-refractivity contribution in [1.29, 1.82) is 0 Å². The van der Waals surface area contributed by atoms with Crippen molar-refractivity contribution in [1.82, 2.24) is 19.8 Å². The van der Waals surface area contributed by atoms with Gasteiger partial charge < -0.3 is 19.1 Å². The first kappa shape index (κ1) is 26.3. The minimum absolute atomic E-state index is 0.00659. The zero-order valence-electron chi connectivity index (χ0n) is 20.4. The summed E-state index contributed by atoms with van der Waals surface area (Å²) < 4.78 is 46.3. The van der Waals surface area contributed by atoms with E-state index in [1.807, 2.05) is 4.90 Å². The predicted octanol–water partition coefficient (Wildman–Crippen LogP) is 4.45. The highest BCUT2D eigenvalue weighted by Crippen LogP contribution is 2.34. The molecule has 0 radical (unpaired) electrons. The number of hydrogen-bond donors (Lipinski definition) is 0. The van der Waals surface area contributed by atoms with Gasteiger partial charge in [0.2, 0.25) is 5.91 Å². The number of piperazine rings is 1. The van der Waals surface area contributed by atoms with Crippen LogP contribution in [0.3, 0.4) is 0 Å². The van der Waals surface area contributed by atoms with Gasteiger partial charge in [-0.1, -0.05) is 31.0 Å². The van der Waals surface area contributed by atoms with Crippen LogP contribution in [0.2, 0.25) is 0 Å². The van der Waals surface area contributed by atoms with E-state index in [0.717, 1.165) is 49.9 Å². The van der Waals surface area contributed by atoms with Crippen LogP contribution in [-0.4, -0.2) is 70.9 Å². The largest absolute Gasteiger partial charge is 0.455 e. The number of amides is 2. The number of nitrogens with zero attached hydrogens (tertiary/aromatic N) is 5. The molecule has 0 spiro atoms. The van der Waals surface area contributed by atoms with Crippen LogP contribution in [0, 0.1) is 0 Å². The number of hydrogen-bond acceptors (Lipinski definition) is 7. The smallest absolute Gasteiger partial charge is 0.433 e. The maximum absolute atomic E-state index is 13.6. The lowest BCUT2D eigenvalue weighted by Crippen LogP contribution is -2.50. The molecule has 0 aromatic carbocycles. The third kappa shape index (κ3) is 6.32. The summed E-state index contributed by atoms with van der Waals surface area (Å²) in [6.45, 7) is 3.26. The summed E-state index contributed by atoms with van der Waals surface area (Å²) >= 11 is 1.03. The van der Waals surface area contributed by atoms with Gasteiger partial charge in [0, 0.05) is 52.3 Å². The second kappa shape index (κ2) is 11.1. The fraction of sp³-hybridized carbons (Fsp3) is 0.583. The Morgan fingerprint density at radius 2 is 1.75 bits per heavy atom. The van der Waals surface area contributed by atoms with Crippen molar-refractivity contribution in [2.24, 2.45) is 0 Å². The molecule has 2 aliphatic rings. The van der Waals surface area contributed by atoms with Crippen molar-refractivity contribution in [3.63, 3.8) is 0 Å². The number of halogens is 3. The molecular formula is C24H30F3N5O3S. The molecule has 36 heavy (non-hydrogen) atoms. The molecule has 0 N–H and O–H groups in total.